The highest BCUT2D eigenvalue weighted by molar-refractivity contribution is 5.27. The van der Waals surface area contributed by atoms with Gasteiger partial charge in [-0.15, -0.1) is 0 Å². The molecule has 0 atom stereocenters. The molecule has 0 amide bonds. The van der Waals surface area contributed by atoms with E-state index in [0.29, 0.717) is 6.61 Å². The van der Waals surface area contributed by atoms with Gasteiger partial charge < -0.3 is 9.84 Å². The molecule has 0 unspecified atom stereocenters. The van der Waals surface area contributed by atoms with E-state index in [2.05, 4.69) is 24.3 Å². The van der Waals surface area contributed by atoms with Crippen molar-refractivity contribution in [2.45, 2.75) is 24.7 Å². The standard InChI is InChI=1S/C13H18O2/c14-9-5-4-8-13(10-15-11-13)12-6-2-1-3-7-12/h1-3,6-7,14H,4-5,8-11H2. The Morgan fingerprint density at radius 2 is 1.87 bits per heavy atom. The van der Waals surface area contributed by atoms with Crippen LogP contribution in [0.5, 0.6) is 0 Å². The van der Waals surface area contributed by atoms with Crippen LogP contribution < -0.4 is 0 Å². The maximum Gasteiger partial charge on any atom is 0.0585 e. The summed E-state index contributed by atoms with van der Waals surface area (Å²) in [5, 5.41) is 8.79. The van der Waals surface area contributed by atoms with Crippen LogP contribution in [-0.4, -0.2) is 24.9 Å². The third-order valence-electron chi connectivity index (χ3n) is 3.21. The lowest BCUT2D eigenvalue weighted by Gasteiger charge is -2.42. The minimum atomic E-state index is 0.233. The molecular formula is C13H18O2. The van der Waals surface area contributed by atoms with Gasteiger partial charge in [0.05, 0.1) is 13.2 Å². The summed E-state index contributed by atoms with van der Waals surface area (Å²) in [6.07, 6.45) is 3.10. The number of unbranched alkanes of at least 4 members (excludes halogenated alkanes) is 1. The van der Waals surface area contributed by atoms with Gasteiger partial charge in [-0.3, -0.25) is 0 Å². The molecule has 0 radical (unpaired) electrons. The van der Waals surface area contributed by atoms with Crippen LogP contribution in [0.2, 0.25) is 0 Å². The van der Waals surface area contributed by atoms with Crippen LogP contribution in [0, 0.1) is 0 Å². The quantitative estimate of drug-likeness (QED) is 0.748. The number of hydrogen-bond acceptors (Lipinski definition) is 2. The van der Waals surface area contributed by atoms with E-state index in [4.69, 9.17) is 9.84 Å². The van der Waals surface area contributed by atoms with Crippen molar-refractivity contribution >= 4 is 0 Å². The van der Waals surface area contributed by atoms with Gasteiger partial charge in [0, 0.05) is 12.0 Å². The number of ether oxygens (including phenoxy) is 1. The second-order valence-electron chi connectivity index (χ2n) is 4.32. The highest BCUT2D eigenvalue weighted by Gasteiger charge is 2.39. The Bertz CT molecular complexity index is 291. The molecule has 2 heteroatoms. The molecule has 1 aromatic carbocycles. The van der Waals surface area contributed by atoms with E-state index >= 15 is 0 Å². The van der Waals surface area contributed by atoms with Crippen molar-refractivity contribution in [3.8, 4) is 0 Å². The van der Waals surface area contributed by atoms with Gasteiger partial charge in [0.2, 0.25) is 0 Å². The first-order valence-electron chi connectivity index (χ1n) is 5.61. The van der Waals surface area contributed by atoms with Crippen LogP contribution in [0.3, 0.4) is 0 Å². The zero-order valence-corrected chi connectivity index (χ0v) is 8.98. The second-order valence-corrected chi connectivity index (χ2v) is 4.32. The van der Waals surface area contributed by atoms with Gasteiger partial charge >= 0.3 is 0 Å². The first-order chi connectivity index (χ1) is 7.37. The Balaban J connectivity index is 2.02. The summed E-state index contributed by atoms with van der Waals surface area (Å²) >= 11 is 0. The molecule has 1 aliphatic heterocycles. The average molecular weight is 206 g/mol. The molecule has 2 nitrogen and oxygen atoms in total. The van der Waals surface area contributed by atoms with Gasteiger partial charge in [0.1, 0.15) is 0 Å². The Hall–Kier alpha value is -0.860. The fourth-order valence-corrected chi connectivity index (χ4v) is 2.17. The monoisotopic (exact) mass is 206 g/mol. The first-order valence-corrected chi connectivity index (χ1v) is 5.61. The van der Waals surface area contributed by atoms with Crippen LogP contribution >= 0.6 is 0 Å². The fraction of sp³-hybridized carbons (Fsp3) is 0.538. The van der Waals surface area contributed by atoms with Crippen molar-refractivity contribution in [3.05, 3.63) is 35.9 Å². The average Bonchev–Trinajstić information content (AvgIpc) is 2.23. The smallest absolute Gasteiger partial charge is 0.0585 e. The molecule has 2 rings (SSSR count). The van der Waals surface area contributed by atoms with E-state index in [1.807, 2.05) is 6.07 Å². The predicted octanol–water partition coefficient (Wildman–Crippen LogP) is 2.12. The Kier molecular flexibility index (Phi) is 3.39. The topological polar surface area (TPSA) is 29.5 Å². The molecule has 15 heavy (non-hydrogen) atoms. The molecule has 0 saturated carbocycles. The zero-order valence-electron chi connectivity index (χ0n) is 8.98. The Morgan fingerprint density at radius 3 is 2.40 bits per heavy atom. The van der Waals surface area contributed by atoms with Crippen LogP contribution in [0.1, 0.15) is 24.8 Å². The molecule has 1 N–H and O–H groups in total. The van der Waals surface area contributed by atoms with Crippen molar-refractivity contribution in [1.29, 1.82) is 0 Å². The predicted molar refractivity (Wildman–Crippen MR) is 59.9 cm³/mol. The van der Waals surface area contributed by atoms with Crippen molar-refractivity contribution < 1.29 is 9.84 Å². The molecule has 0 bridgehead atoms. The van der Waals surface area contributed by atoms with E-state index in [1.54, 1.807) is 0 Å². The van der Waals surface area contributed by atoms with Gasteiger partial charge in [0.15, 0.2) is 0 Å². The summed E-state index contributed by atoms with van der Waals surface area (Å²) in [7, 11) is 0. The lowest BCUT2D eigenvalue weighted by Crippen LogP contribution is -2.46. The lowest BCUT2D eigenvalue weighted by atomic mass is 9.75. The van der Waals surface area contributed by atoms with E-state index in [0.717, 1.165) is 32.5 Å². The molecule has 1 heterocycles. The van der Waals surface area contributed by atoms with Gasteiger partial charge in [-0.1, -0.05) is 36.8 Å². The summed E-state index contributed by atoms with van der Waals surface area (Å²) in [4.78, 5) is 0. The summed E-state index contributed by atoms with van der Waals surface area (Å²) in [5.74, 6) is 0. The van der Waals surface area contributed by atoms with Crippen LogP contribution in [-0.2, 0) is 10.2 Å². The van der Waals surface area contributed by atoms with E-state index in [-0.39, 0.29) is 5.41 Å². The molecule has 0 aliphatic carbocycles. The molecule has 1 fully saturated rings. The SMILES string of the molecule is OCCCCC1(c2ccccc2)COC1. The number of rotatable bonds is 5. The van der Waals surface area contributed by atoms with Crippen LogP contribution in [0.15, 0.2) is 30.3 Å². The molecule has 1 saturated heterocycles. The molecule has 0 aromatic heterocycles. The van der Waals surface area contributed by atoms with Gasteiger partial charge in [-0.2, -0.15) is 0 Å². The van der Waals surface area contributed by atoms with Crippen molar-refractivity contribution in [3.63, 3.8) is 0 Å². The number of benzene rings is 1. The highest BCUT2D eigenvalue weighted by Crippen LogP contribution is 2.36. The Morgan fingerprint density at radius 1 is 1.13 bits per heavy atom. The first kappa shape index (κ1) is 10.7. The van der Waals surface area contributed by atoms with Crippen molar-refractivity contribution in [2.75, 3.05) is 19.8 Å². The summed E-state index contributed by atoms with van der Waals surface area (Å²) in [5.41, 5.74) is 1.62. The highest BCUT2D eigenvalue weighted by atomic mass is 16.5. The summed E-state index contributed by atoms with van der Waals surface area (Å²) < 4.78 is 5.36. The van der Waals surface area contributed by atoms with Gasteiger partial charge in [-0.05, 0) is 18.4 Å². The third-order valence-corrected chi connectivity index (χ3v) is 3.21. The summed E-state index contributed by atoms with van der Waals surface area (Å²) in [6, 6.07) is 10.6. The largest absolute Gasteiger partial charge is 0.396 e. The van der Waals surface area contributed by atoms with Gasteiger partial charge in [0.25, 0.3) is 0 Å². The number of aliphatic hydroxyl groups is 1. The minimum absolute atomic E-state index is 0.233. The van der Waals surface area contributed by atoms with Crippen LogP contribution in [0.4, 0.5) is 0 Å². The van der Waals surface area contributed by atoms with E-state index < -0.39 is 0 Å². The second kappa shape index (κ2) is 4.77. The number of aliphatic hydroxyl groups excluding tert-OH is 1. The maximum atomic E-state index is 8.79. The number of hydrogen-bond donors (Lipinski definition) is 1. The lowest BCUT2D eigenvalue weighted by molar-refractivity contribution is -0.0656. The zero-order chi connectivity index (χ0) is 10.6. The normalized spacial score (nSPS) is 18.5. The van der Waals surface area contributed by atoms with E-state index in [9.17, 15) is 0 Å². The van der Waals surface area contributed by atoms with Crippen molar-refractivity contribution in [1.82, 2.24) is 0 Å². The molecule has 82 valence electrons. The molecule has 1 aromatic rings. The Labute approximate surface area is 90.9 Å². The fourth-order valence-electron chi connectivity index (χ4n) is 2.17. The van der Waals surface area contributed by atoms with E-state index in [1.165, 1.54) is 5.56 Å². The van der Waals surface area contributed by atoms with Crippen LogP contribution in [0.25, 0.3) is 0 Å². The molecule has 1 aliphatic rings. The third kappa shape index (κ3) is 2.21. The molecule has 0 spiro atoms. The minimum Gasteiger partial charge on any atom is -0.396 e. The van der Waals surface area contributed by atoms with Crippen molar-refractivity contribution in [2.24, 2.45) is 0 Å². The summed E-state index contributed by atoms with van der Waals surface area (Å²) in [6.45, 7) is 1.97. The van der Waals surface area contributed by atoms with Gasteiger partial charge in [-0.25, -0.2) is 0 Å². The maximum absolute atomic E-state index is 8.79. The molecular weight excluding hydrogens is 188 g/mol.